The van der Waals surface area contributed by atoms with E-state index in [2.05, 4.69) is 33.5 Å². The topological polar surface area (TPSA) is 58.1 Å². The first-order valence-corrected chi connectivity index (χ1v) is 9.55. The Morgan fingerprint density at radius 2 is 1.85 bits per heavy atom. The van der Waals surface area contributed by atoms with Crippen molar-refractivity contribution in [2.24, 2.45) is 4.99 Å². The van der Waals surface area contributed by atoms with E-state index < -0.39 is 0 Å². The van der Waals surface area contributed by atoms with Crippen LogP contribution in [0.15, 0.2) is 29.3 Å². The highest BCUT2D eigenvalue weighted by atomic mass is 16.5. The Kier molecular flexibility index (Phi) is 12.3. The molecule has 1 rings (SSSR count). The number of likely N-dealkylation sites (N-methyl/N-ethyl adjacent to an activating group) is 1. The van der Waals surface area contributed by atoms with Crippen LogP contribution in [0.2, 0.25) is 0 Å². The molecule has 26 heavy (non-hydrogen) atoms. The van der Waals surface area contributed by atoms with Crippen LogP contribution >= 0.6 is 0 Å². The van der Waals surface area contributed by atoms with Crippen LogP contribution in [0, 0.1) is 0 Å². The minimum absolute atomic E-state index is 0.671. The van der Waals surface area contributed by atoms with Crippen molar-refractivity contribution in [1.29, 1.82) is 0 Å². The molecule has 0 atom stereocenters. The summed E-state index contributed by atoms with van der Waals surface area (Å²) in [5.74, 6) is 1.71. The van der Waals surface area contributed by atoms with Gasteiger partial charge in [0.15, 0.2) is 5.96 Å². The molecule has 1 aromatic carbocycles. The predicted molar refractivity (Wildman–Crippen MR) is 109 cm³/mol. The SMILES string of the molecule is CCCCOCCCNC(=NC)NCc1ccccc1OCCN(C)C. The quantitative estimate of drug-likeness (QED) is 0.320. The molecular formula is C20H36N4O2. The van der Waals surface area contributed by atoms with Crippen LogP contribution in [-0.2, 0) is 11.3 Å². The van der Waals surface area contributed by atoms with Gasteiger partial charge in [-0.2, -0.15) is 0 Å². The molecule has 0 unspecified atom stereocenters. The molecule has 0 aliphatic heterocycles. The zero-order chi connectivity index (χ0) is 19.0. The standard InChI is InChI=1S/C20H36N4O2/c1-5-6-14-25-15-9-12-22-20(21-2)23-17-18-10-7-8-11-19(18)26-16-13-24(3)4/h7-8,10-11H,5-6,9,12-17H2,1-4H3,(H2,21,22,23). The van der Waals surface area contributed by atoms with Gasteiger partial charge in [0.05, 0.1) is 0 Å². The lowest BCUT2D eigenvalue weighted by molar-refractivity contribution is 0.129. The highest BCUT2D eigenvalue weighted by Gasteiger charge is 2.05. The third-order valence-corrected chi connectivity index (χ3v) is 3.84. The van der Waals surface area contributed by atoms with E-state index in [1.54, 1.807) is 7.05 Å². The number of unbranched alkanes of at least 4 members (excludes halogenated alkanes) is 1. The number of rotatable bonds is 13. The molecule has 0 fully saturated rings. The molecule has 0 spiro atoms. The van der Waals surface area contributed by atoms with Crippen LogP contribution in [-0.4, -0.2) is 64.9 Å². The number of hydrogen-bond acceptors (Lipinski definition) is 4. The molecule has 0 aliphatic carbocycles. The summed E-state index contributed by atoms with van der Waals surface area (Å²) in [5, 5.41) is 6.66. The number of ether oxygens (including phenoxy) is 2. The molecule has 0 radical (unpaired) electrons. The number of guanidine groups is 1. The van der Waals surface area contributed by atoms with E-state index >= 15 is 0 Å². The van der Waals surface area contributed by atoms with Gasteiger partial charge in [0.25, 0.3) is 0 Å². The van der Waals surface area contributed by atoms with Crippen LogP contribution in [0.1, 0.15) is 31.7 Å². The summed E-state index contributed by atoms with van der Waals surface area (Å²) in [4.78, 5) is 6.38. The fourth-order valence-corrected chi connectivity index (χ4v) is 2.26. The number of aliphatic imine (C=N–C) groups is 1. The lowest BCUT2D eigenvalue weighted by Gasteiger charge is -2.16. The van der Waals surface area contributed by atoms with Gasteiger partial charge >= 0.3 is 0 Å². The minimum atomic E-state index is 0.671. The molecule has 0 heterocycles. The monoisotopic (exact) mass is 364 g/mol. The largest absolute Gasteiger partial charge is 0.492 e. The number of nitrogens with one attached hydrogen (secondary N) is 2. The van der Waals surface area contributed by atoms with E-state index in [1.807, 2.05) is 32.3 Å². The molecule has 1 aromatic rings. The zero-order valence-corrected chi connectivity index (χ0v) is 16.9. The van der Waals surface area contributed by atoms with Gasteiger partial charge < -0.3 is 25.0 Å². The first-order chi connectivity index (χ1) is 12.7. The lowest BCUT2D eigenvalue weighted by atomic mass is 10.2. The van der Waals surface area contributed by atoms with E-state index in [0.29, 0.717) is 13.2 Å². The molecule has 0 bridgehead atoms. The molecule has 6 heteroatoms. The van der Waals surface area contributed by atoms with E-state index in [1.165, 1.54) is 6.42 Å². The Bertz CT molecular complexity index is 506. The number of nitrogens with zero attached hydrogens (tertiary/aromatic N) is 2. The van der Waals surface area contributed by atoms with Gasteiger partial charge in [0.2, 0.25) is 0 Å². The fourth-order valence-electron chi connectivity index (χ4n) is 2.26. The number of para-hydroxylation sites is 1. The highest BCUT2D eigenvalue weighted by Crippen LogP contribution is 2.17. The summed E-state index contributed by atoms with van der Waals surface area (Å²) in [5.41, 5.74) is 1.12. The molecule has 0 aliphatic rings. The van der Waals surface area contributed by atoms with Crippen molar-refractivity contribution in [2.45, 2.75) is 32.7 Å². The Labute approximate surface area is 159 Å². The second-order valence-corrected chi connectivity index (χ2v) is 6.43. The average molecular weight is 365 g/mol. The molecule has 0 saturated heterocycles. The van der Waals surface area contributed by atoms with Crippen molar-refractivity contribution in [1.82, 2.24) is 15.5 Å². The highest BCUT2D eigenvalue weighted by molar-refractivity contribution is 5.79. The number of hydrogen-bond donors (Lipinski definition) is 2. The van der Waals surface area contributed by atoms with Crippen molar-refractivity contribution in [3.8, 4) is 5.75 Å². The third kappa shape index (κ3) is 10.3. The average Bonchev–Trinajstić information content (AvgIpc) is 2.64. The first kappa shape index (κ1) is 22.3. The first-order valence-electron chi connectivity index (χ1n) is 9.55. The lowest BCUT2D eigenvalue weighted by Crippen LogP contribution is -2.37. The predicted octanol–water partition coefficient (Wildman–Crippen LogP) is 2.50. The van der Waals surface area contributed by atoms with Crippen molar-refractivity contribution in [2.75, 3.05) is 54.1 Å². The summed E-state index contributed by atoms with van der Waals surface area (Å²) in [6.07, 6.45) is 3.27. The van der Waals surface area contributed by atoms with Gasteiger partial charge in [-0.25, -0.2) is 0 Å². The van der Waals surface area contributed by atoms with Crippen LogP contribution in [0.4, 0.5) is 0 Å². The Morgan fingerprint density at radius 1 is 1.08 bits per heavy atom. The maximum atomic E-state index is 5.90. The Hall–Kier alpha value is -1.79. The van der Waals surface area contributed by atoms with Crippen molar-refractivity contribution in [3.05, 3.63) is 29.8 Å². The van der Waals surface area contributed by atoms with Gasteiger partial charge in [-0.05, 0) is 33.0 Å². The van der Waals surface area contributed by atoms with E-state index in [-0.39, 0.29) is 0 Å². The second kappa shape index (κ2) is 14.4. The molecule has 6 nitrogen and oxygen atoms in total. The molecular weight excluding hydrogens is 328 g/mol. The zero-order valence-electron chi connectivity index (χ0n) is 16.9. The summed E-state index contributed by atoms with van der Waals surface area (Å²) in [6.45, 7) is 6.89. The molecule has 0 amide bonds. The van der Waals surface area contributed by atoms with Gasteiger partial charge in [-0.3, -0.25) is 4.99 Å². The molecule has 0 saturated carbocycles. The van der Waals surface area contributed by atoms with Crippen molar-refractivity contribution >= 4 is 5.96 Å². The fraction of sp³-hybridized carbons (Fsp3) is 0.650. The Morgan fingerprint density at radius 3 is 2.58 bits per heavy atom. The van der Waals surface area contributed by atoms with Crippen molar-refractivity contribution < 1.29 is 9.47 Å². The van der Waals surface area contributed by atoms with E-state index in [9.17, 15) is 0 Å². The van der Waals surface area contributed by atoms with Gasteiger partial charge in [-0.15, -0.1) is 0 Å². The van der Waals surface area contributed by atoms with Gasteiger partial charge in [0.1, 0.15) is 12.4 Å². The molecule has 148 valence electrons. The summed E-state index contributed by atoms with van der Waals surface area (Å²) in [6, 6.07) is 8.11. The van der Waals surface area contributed by atoms with Crippen LogP contribution in [0.5, 0.6) is 5.75 Å². The molecule has 0 aromatic heterocycles. The van der Waals surface area contributed by atoms with Crippen LogP contribution in [0.25, 0.3) is 0 Å². The molecule has 2 N–H and O–H groups in total. The van der Waals surface area contributed by atoms with E-state index in [4.69, 9.17) is 9.47 Å². The summed E-state index contributed by atoms with van der Waals surface area (Å²) in [7, 11) is 5.87. The second-order valence-electron chi connectivity index (χ2n) is 6.43. The van der Waals surface area contributed by atoms with Crippen molar-refractivity contribution in [3.63, 3.8) is 0 Å². The van der Waals surface area contributed by atoms with Crippen LogP contribution < -0.4 is 15.4 Å². The van der Waals surface area contributed by atoms with Crippen LogP contribution in [0.3, 0.4) is 0 Å². The van der Waals surface area contributed by atoms with E-state index in [0.717, 1.165) is 56.4 Å². The number of benzene rings is 1. The maximum absolute atomic E-state index is 5.90. The third-order valence-electron chi connectivity index (χ3n) is 3.84. The smallest absolute Gasteiger partial charge is 0.191 e. The maximum Gasteiger partial charge on any atom is 0.191 e. The summed E-state index contributed by atoms with van der Waals surface area (Å²) >= 11 is 0. The minimum Gasteiger partial charge on any atom is -0.492 e. The Balaban J connectivity index is 2.32. The van der Waals surface area contributed by atoms with Gasteiger partial charge in [-0.1, -0.05) is 31.5 Å². The summed E-state index contributed by atoms with van der Waals surface area (Å²) < 4.78 is 11.5. The normalized spacial score (nSPS) is 11.7. The van der Waals surface area contributed by atoms with Gasteiger partial charge in [0, 0.05) is 45.5 Å².